The Morgan fingerprint density at radius 1 is 1.53 bits per heavy atom. The average molecular weight is 209 g/mol. The van der Waals surface area contributed by atoms with Gasteiger partial charge in [0, 0.05) is 0 Å². The number of ether oxygens (including phenoxy) is 1. The number of carbonyl (C=O) groups is 1. The van der Waals surface area contributed by atoms with Gasteiger partial charge in [0.25, 0.3) is 0 Å². The fraction of sp³-hybridized carbons (Fsp3) is 0.364. The molecular weight excluding hydrogens is 194 g/mol. The van der Waals surface area contributed by atoms with Crippen LogP contribution in [0.2, 0.25) is 0 Å². The largest absolute Gasteiger partial charge is 0.492 e. The van der Waals surface area contributed by atoms with Crippen molar-refractivity contribution in [1.82, 2.24) is 0 Å². The molecule has 0 saturated carbocycles. The van der Waals surface area contributed by atoms with Gasteiger partial charge in [-0.3, -0.25) is 4.79 Å². The number of anilines is 1. The zero-order valence-electron chi connectivity index (χ0n) is 8.91. The van der Waals surface area contributed by atoms with Gasteiger partial charge in [0.05, 0.1) is 12.3 Å². The predicted octanol–water partition coefficient (Wildman–Crippen LogP) is 1.89. The molecule has 0 aliphatic carbocycles. The molecule has 0 atom stereocenters. The van der Waals surface area contributed by atoms with Crippen LogP contribution in [0.4, 0.5) is 5.69 Å². The molecule has 1 aromatic rings. The zero-order valence-corrected chi connectivity index (χ0v) is 8.91. The van der Waals surface area contributed by atoms with Gasteiger partial charge < -0.3 is 15.2 Å². The van der Waals surface area contributed by atoms with Crippen LogP contribution in [-0.2, 0) is 4.79 Å². The van der Waals surface area contributed by atoms with Crippen molar-refractivity contribution < 1.29 is 14.6 Å². The Morgan fingerprint density at radius 2 is 2.27 bits per heavy atom. The summed E-state index contributed by atoms with van der Waals surface area (Å²) in [7, 11) is 0. The molecule has 82 valence electrons. The molecule has 0 spiro atoms. The van der Waals surface area contributed by atoms with Crippen LogP contribution in [0.5, 0.6) is 5.75 Å². The number of hydrogen-bond donors (Lipinski definition) is 2. The van der Waals surface area contributed by atoms with Crippen LogP contribution in [0, 0.1) is 6.92 Å². The lowest BCUT2D eigenvalue weighted by Gasteiger charge is -2.11. The Labute approximate surface area is 88.9 Å². The minimum absolute atomic E-state index is 0.108. The second-order valence-electron chi connectivity index (χ2n) is 3.18. The van der Waals surface area contributed by atoms with E-state index in [4.69, 9.17) is 9.84 Å². The number of hydrogen-bond acceptors (Lipinski definition) is 3. The normalized spacial score (nSPS) is 9.73. The summed E-state index contributed by atoms with van der Waals surface area (Å²) < 4.78 is 5.39. The maximum absolute atomic E-state index is 10.4. The fourth-order valence-corrected chi connectivity index (χ4v) is 1.22. The number of nitrogens with one attached hydrogen (secondary N) is 1. The van der Waals surface area contributed by atoms with Crippen LogP contribution in [0.1, 0.15) is 12.5 Å². The first kappa shape index (κ1) is 11.4. The molecular formula is C11H15NO3. The molecule has 0 aliphatic rings. The molecule has 1 aromatic carbocycles. The fourth-order valence-electron chi connectivity index (χ4n) is 1.22. The summed E-state index contributed by atoms with van der Waals surface area (Å²) >= 11 is 0. The molecule has 0 bridgehead atoms. The Hall–Kier alpha value is -1.71. The van der Waals surface area contributed by atoms with Crippen LogP contribution in [0.3, 0.4) is 0 Å². The first-order valence-electron chi connectivity index (χ1n) is 4.82. The minimum Gasteiger partial charge on any atom is -0.492 e. The van der Waals surface area contributed by atoms with E-state index in [0.29, 0.717) is 18.0 Å². The van der Waals surface area contributed by atoms with Crippen molar-refractivity contribution in [3.05, 3.63) is 23.8 Å². The quantitative estimate of drug-likeness (QED) is 0.777. The molecule has 0 fully saturated rings. The van der Waals surface area contributed by atoms with Gasteiger partial charge in [0.1, 0.15) is 12.3 Å². The lowest BCUT2D eigenvalue weighted by atomic mass is 10.2. The van der Waals surface area contributed by atoms with E-state index >= 15 is 0 Å². The Morgan fingerprint density at radius 3 is 2.87 bits per heavy atom. The number of carboxylic acids is 1. The topological polar surface area (TPSA) is 58.6 Å². The number of rotatable bonds is 5. The van der Waals surface area contributed by atoms with E-state index in [1.165, 1.54) is 0 Å². The monoisotopic (exact) mass is 209 g/mol. The van der Waals surface area contributed by atoms with Crippen molar-refractivity contribution >= 4 is 11.7 Å². The summed E-state index contributed by atoms with van der Waals surface area (Å²) in [6.07, 6.45) is 0. The SMILES string of the molecule is CCOc1cc(C)ccc1NCC(=O)O. The molecule has 15 heavy (non-hydrogen) atoms. The first-order valence-corrected chi connectivity index (χ1v) is 4.82. The van der Waals surface area contributed by atoms with E-state index in [-0.39, 0.29) is 6.54 Å². The van der Waals surface area contributed by atoms with E-state index in [1.54, 1.807) is 0 Å². The van der Waals surface area contributed by atoms with Gasteiger partial charge in [-0.05, 0) is 31.5 Å². The highest BCUT2D eigenvalue weighted by atomic mass is 16.5. The highest BCUT2D eigenvalue weighted by Crippen LogP contribution is 2.25. The molecule has 0 aromatic heterocycles. The van der Waals surface area contributed by atoms with Crippen molar-refractivity contribution in [2.24, 2.45) is 0 Å². The van der Waals surface area contributed by atoms with E-state index in [1.807, 2.05) is 32.0 Å². The third kappa shape index (κ3) is 3.50. The standard InChI is InChI=1S/C11H15NO3/c1-3-15-10-6-8(2)4-5-9(10)12-7-11(13)14/h4-6,12H,3,7H2,1-2H3,(H,13,14). The minimum atomic E-state index is -0.891. The Bertz CT molecular complexity index is 350. The first-order chi connectivity index (χ1) is 7.13. The van der Waals surface area contributed by atoms with Gasteiger partial charge in [-0.1, -0.05) is 6.07 Å². The summed E-state index contributed by atoms with van der Waals surface area (Å²) in [5.74, 6) is -0.197. The molecule has 0 amide bonds. The summed E-state index contributed by atoms with van der Waals surface area (Å²) in [5, 5.41) is 11.3. The van der Waals surface area contributed by atoms with Crippen LogP contribution in [0.25, 0.3) is 0 Å². The Kier molecular flexibility index (Phi) is 3.97. The van der Waals surface area contributed by atoms with Crippen molar-refractivity contribution in [2.45, 2.75) is 13.8 Å². The van der Waals surface area contributed by atoms with Gasteiger partial charge in [0.2, 0.25) is 0 Å². The number of carboxylic acid groups (broad SMARTS) is 1. The maximum Gasteiger partial charge on any atom is 0.322 e. The van der Waals surface area contributed by atoms with Gasteiger partial charge in [-0.2, -0.15) is 0 Å². The third-order valence-electron chi connectivity index (χ3n) is 1.87. The van der Waals surface area contributed by atoms with Crippen molar-refractivity contribution in [2.75, 3.05) is 18.5 Å². The van der Waals surface area contributed by atoms with Crippen LogP contribution in [0.15, 0.2) is 18.2 Å². The van der Waals surface area contributed by atoms with Crippen molar-refractivity contribution in [1.29, 1.82) is 0 Å². The number of aliphatic carboxylic acids is 1. The van der Waals surface area contributed by atoms with Crippen LogP contribution < -0.4 is 10.1 Å². The van der Waals surface area contributed by atoms with Gasteiger partial charge in [-0.15, -0.1) is 0 Å². The van der Waals surface area contributed by atoms with Crippen molar-refractivity contribution in [3.63, 3.8) is 0 Å². The zero-order chi connectivity index (χ0) is 11.3. The van der Waals surface area contributed by atoms with E-state index < -0.39 is 5.97 Å². The summed E-state index contributed by atoms with van der Waals surface area (Å²) in [4.78, 5) is 10.4. The smallest absolute Gasteiger partial charge is 0.322 e. The number of benzene rings is 1. The summed E-state index contributed by atoms with van der Waals surface area (Å²) in [6.45, 7) is 4.31. The second-order valence-corrected chi connectivity index (χ2v) is 3.18. The summed E-state index contributed by atoms with van der Waals surface area (Å²) in [6, 6.07) is 5.61. The lowest BCUT2D eigenvalue weighted by molar-refractivity contribution is -0.134. The number of aryl methyl sites for hydroxylation is 1. The molecule has 0 heterocycles. The van der Waals surface area contributed by atoms with Gasteiger partial charge in [-0.25, -0.2) is 0 Å². The van der Waals surface area contributed by atoms with Crippen LogP contribution >= 0.6 is 0 Å². The Balaban J connectivity index is 2.80. The van der Waals surface area contributed by atoms with Crippen LogP contribution in [-0.4, -0.2) is 24.2 Å². The molecule has 0 aliphatic heterocycles. The second kappa shape index (κ2) is 5.24. The van der Waals surface area contributed by atoms with E-state index in [0.717, 1.165) is 5.56 Å². The summed E-state index contributed by atoms with van der Waals surface area (Å²) in [5.41, 5.74) is 1.80. The molecule has 2 N–H and O–H groups in total. The molecule has 0 radical (unpaired) electrons. The van der Waals surface area contributed by atoms with Gasteiger partial charge >= 0.3 is 5.97 Å². The molecule has 1 rings (SSSR count). The van der Waals surface area contributed by atoms with Crippen molar-refractivity contribution in [3.8, 4) is 5.75 Å². The molecule has 4 heteroatoms. The highest BCUT2D eigenvalue weighted by molar-refractivity contribution is 5.74. The molecule has 0 saturated heterocycles. The maximum atomic E-state index is 10.4. The lowest BCUT2D eigenvalue weighted by Crippen LogP contribution is -2.13. The molecule has 0 unspecified atom stereocenters. The highest BCUT2D eigenvalue weighted by Gasteiger charge is 2.04. The van der Waals surface area contributed by atoms with E-state index in [2.05, 4.69) is 5.32 Å². The third-order valence-corrected chi connectivity index (χ3v) is 1.87. The average Bonchev–Trinajstić information content (AvgIpc) is 2.17. The molecule has 4 nitrogen and oxygen atoms in total. The van der Waals surface area contributed by atoms with E-state index in [9.17, 15) is 4.79 Å². The predicted molar refractivity (Wildman–Crippen MR) is 58.5 cm³/mol. The van der Waals surface area contributed by atoms with Gasteiger partial charge in [0.15, 0.2) is 0 Å².